The molecule has 4 nitrogen and oxygen atoms in total. The number of halogens is 2. The van der Waals surface area contributed by atoms with E-state index >= 15 is 0 Å². The van der Waals surface area contributed by atoms with Gasteiger partial charge in [-0.3, -0.25) is 9.69 Å². The van der Waals surface area contributed by atoms with Crippen LogP contribution in [0.25, 0.3) is 0 Å². The second-order valence-electron chi connectivity index (χ2n) is 3.12. The molecular formula is C10H7Br2N3OS. The molecule has 0 bridgehead atoms. The van der Waals surface area contributed by atoms with Crippen LogP contribution >= 0.6 is 43.2 Å². The highest BCUT2D eigenvalue weighted by atomic mass is 79.9. The van der Waals surface area contributed by atoms with Crippen LogP contribution in [0.15, 0.2) is 13.6 Å². The van der Waals surface area contributed by atoms with Crippen LogP contribution in [0.2, 0.25) is 0 Å². The fourth-order valence-corrected chi connectivity index (χ4v) is 4.04. The molecule has 0 unspecified atom stereocenters. The molecule has 1 rings (SSSR count). The molecule has 17 heavy (non-hydrogen) atoms. The Morgan fingerprint density at radius 3 is 2.35 bits per heavy atom. The highest BCUT2D eigenvalue weighted by Crippen LogP contribution is 2.32. The third-order valence-corrected chi connectivity index (χ3v) is 4.25. The minimum Gasteiger partial charge on any atom is -0.293 e. The summed E-state index contributed by atoms with van der Waals surface area (Å²) in [6.07, 6.45) is 0. The first kappa shape index (κ1) is 14.3. The Bertz CT molecular complexity index is 485. The smallest absolute Gasteiger partial charge is 0.178 e. The molecule has 0 N–H and O–H groups in total. The molecule has 7 heteroatoms. The van der Waals surface area contributed by atoms with Gasteiger partial charge in [0.15, 0.2) is 5.78 Å². The van der Waals surface area contributed by atoms with E-state index in [1.165, 1.54) is 16.2 Å². The zero-order valence-electron chi connectivity index (χ0n) is 8.61. The van der Waals surface area contributed by atoms with Gasteiger partial charge < -0.3 is 0 Å². The lowest BCUT2D eigenvalue weighted by molar-refractivity contribution is 0.0946. The van der Waals surface area contributed by atoms with Crippen LogP contribution in [0, 0.1) is 22.7 Å². The molecule has 0 saturated carbocycles. The van der Waals surface area contributed by atoms with Gasteiger partial charge in [-0.1, -0.05) is 0 Å². The summed E-state index contributed by atoms with van der Waals surface area (Å²) in [5.41, 5.74) is 0.572. The van der Waals surface area contributed by atoms with Crippen LogP contribution < -0.4 is 0 Å². The van der Waals surface area contributed by atoms with E-state index in [9.17, 15) is 4.79 Å². The van der Waals surface area contributed by atoms with Gasteiger partial charge in [-0.25, -0.2) is 0 Å². The van der Waals surface area contributed by atoms with Gasteiger partial charge in [-0.2, -0.15) is 10.5 Å². The van der Waals surface area contributed by atoms with Gasteiger partial charge in [0.25, 0.3) is 0 Å². The van der Waals surface area contributed by atoms with Crippen molar-refractivity contribution in [3.63, 3.8) is 0 Å². The molecule has 0 saturated heterocycles. The highest BCUT2D eigenvalue weighted by molar-refractivity contribution is 9.12. The molecule has 88 valence electrons. The molecule has 0 aromatic carbocycles. The van der Waals surface area contributed by atoms with Crippen LogP contribution in [0.3, 0.4) is 0 Å². The van der Waals surface area contributed by atoms with Crippen LogP contribution in [0.4, 0.5) is 0 Å². The third kappa shape index (κ3) is 4.21. The number of Topliss-reactive ketones (excluding diaryl/α,β-unsaturated/α-hetero) is 1. The first-order valence-electron chi connectivity index (χ1n) is 4.52. The summed E-state index contributed by atoms with van der Waals surface area (Å²) < 4.78 is 1.61. The average Bonchev–Trinajstić information content (AvgIpc) is 2.58. The number of ketones is 1. The van der Waals surface area contributed by atoms with Gasteiger partial charge in [-0.05, 0) is 37.9 Å². The molecule has 1 aromatic rings. The molecule has 0 aliphatic heterocycles. The van der Waals surface area contributed by atoms with Crippen LogP contribution in [-0.2, 0) is 0 Å². The lowest BCUT2D eigenvalue weighted by atomic mass is 10.2. The summed E-state index contributed by atoms with van der Waals surface area (Å²) in [4.78, 5) is 13.4. The van der Waals surface area contributed by atoms with Crippen LogP contribution in [0.1, 0.15) is 10.4 Å². The summed E-state index contributed by atoms with van der Waals surface area (Å²) in [7, 11) is 0. The van der Waals surface area contributed by atoms with Crippen LogP contribution in [-0.4, -0.2) is 30.3 Å². The Kier molecular flexibility index (Phi) is 5.79. The van der Waals surface area contributed by atoms with Crippen molar-refractivity contribution in [2.45, 2.75) is 0 Å². The van der Waals surface area contributed by atoms with E-state index in [-0.39, 0.29) is 25.4 Å². The largest absolute Gasteiger partial charge is 0.293 e. The monoisotopic (exact) mass is 375 g/mol. The first-order chi connectivity index (χ1) is 8.08. The topological polar surface area (TPSA) is 67.9 Å². The minimum atomic E-state index is -0.107. The molecule has 0 spiro atoms. The standard InChI is InChI=1S/C10H7Br2N3OS/c11-9-5-7(10(12)17-9)8(16)6-15(3-1-13)4-2-14/h5H,3-4,6H2. The van der Waals surface area contributed by atoms with E-state index in [1.54, 1.807) is 6.07 Å². The molecule has 0 aliphatic carbocycles. The van der Waals surface area contributed by atoms with Gasteiger partial charge in [0, 0.05) is 5.56 Å². The van der Waals surface area contributed by atoms with Gasteiger partial charge in [0.05, 0.1) is 39.3 Å². The van der Waals surface area contributed by atoms with Crippen molar-refractivity contribution < 1.29 is 4.79 Å². The zero-order valence-corrected chi connectivity index (χ0v) is 12.6. The fraction of sp³-hybridized carbons (Fsp3) is 0.300. The highest BCUT2D eigenvalue weighted by Gasteiger charge is 2.16. The lowest BCUT2D eigenvalue weighted by Crippen LogP contribution is -2.30. The summed E-state index contributed by atoms with van der Waals surface area (Å²) >= 11 is 8.02. The molecule has 0 aliphatic rings. The second-order valence-corrected chi connectivity index (χ2v) is 6.87. The molecule has 1 aromatic heterocycles. The predicted octanol–water partition coefficient (Wildman–Crippen LogP) is 2.80. The Balaban J connectivity index is 2.74. The van der Waals surface area contributed by atoms with E-state index in [0.29, 0.717) is 5.56 Å². The second kappa shape index (κ2) is 6.87. The van der Waals surface area contributed by atoms with E-state index in [1.807, 2.05) is 12.1 Å². The van der Waals surface area contributed by atoms with Crippen molar-refractivity contribution in [2.75, 3.05) is 19.6 Å². The number of nitrogens with zero attached hydrogens (tertiary/aromatic N) is 3. The minimum absolute atomic E-state index is 0.0717. The average molecular weight is 377 g/mol. The number of carbonyl (C=O) groups is 1. The number of hydrogen-bond acceptors (Lipinski definition) is 5. The fourth-order valence-electron chi connectivity index (χ4n) is 1.19. The van der Waals surface area contributed by atoms with E-state index in [0.717, 1.165) is 7.57 Å². The quantitative estimate of drug-likeness (QED) is 0.585. The summed E-state index contributed by atoms with van der Waals surface area (Å²) in [6.45, 7) is 0.216. The van der Waals surface area contributed by atoms with Crippen molar-refractivity contribution in [1.29, 1.82) is 10.5 Å². The van der Waals surface area contributed by atoms with Gasteiger partial charge in [0.2, 0.25) is 0 Å². The van der Waals surface area contributed by atoms with E-state index in [2.05, 4.69) is 31.9 Å². The maximum Gasteiger partial charge on any atom is 0.178 e. The summed E-state index contributed by atoms with van der Waals surface area (Å²) in [5, 5.41) is 17.2. The Hall–Kier alpha value is -0.730. The Labute approximate surface area is 120 Å². The molecule has 0 atom stereocenters. The lowest BCUT2D eigenvalue weighted by Gasteiger charge is -2.13. The molecule has 0 radical (unpaired) electrons. The number of rotatable bonds is 5. The normalized spacial score (nSPS) is 9.94. The van der Waals surface area contributed by atoms with E-state index < -0.39 is 0 Å². The number of carbonyl (C=O) groups excluding carboxylic acids is 1. The van der Waals surface area contributed by atoms with Crippen molar-refractivity contribution in [1.82, 2.24) is 4.90 Å². The molecular weight excluding hydrogens is 370 g/mol. The van der Waals surface area contributed by atoms with Gasteiger partial charge in [0.1, 0.15) is 0 Å². The number of nitriles is 2. The molecule has 0 amide bonds. The molecule has 0 fully saturated rings. The van der Waals surface area contributed by atoms with Crippen molar-refractivity contribution >= 4 is 49.0 Å². The summed E-state index contributed by atoms with van der Waals surface area (Å²) in [5.74, 6) is -0.107. The zero-order chi connectivity index (χ0) is 12.8. The van der Waals surface area contributed by atoms with Gasteiger partial charge >= 0.3 is 0 Å². The Morgan fingerprint density at radius 2 is 1.94 bits per heavy atom. The summed E-state index contributed by atoms with van der Waals surface area (Å²) in [6, 6.07) is 5.60. The maximum atomic E-state index is 11.9. The maximum absolute atomic E-state index is 11.9. The van der Waals surface area contributed by atoms with Crippen molar-refractivity contribution in [2.24, 2.45) is 0 Å². The molecule has 1 heterocycles. The number of hydrogen-bond donors (Lipinski definition) is 0. The van der Waals surface area contributed by atoms with Crippen molar-refractivity contribution in [3.05, 3.63) is 19.2 Å². The third-order valence-electron chi connectivity index (χ3n) is 1.91. The van der Waals surface area contributed by atoms with E-state index in [4.69, 9.17) is 10.5 Å². The Morgan fingerprint density at radius 1 is 1.35 bits per heavy atom. The van der Waals surface area contributed by atoms with Gasteiger partial charge in [-0.15, -0.1) is 11.3 Å². The predicted molar refractivity (Wildman–Crippen MR) is 71.7 cm³/mol. The van der Waals surface area contributed by atoms with Crippen LogP contribution in [0.5, 0.6) is 0 Å². The van der Waals surface area contributed by atoms with Crippen molar-refractivity contribution in [3.8, 4) is 12.1 Å². The SMILES string of the molecule is N#CCN(CC#N)CC(=O)c1cc(Br)sc1Br. The number of thiophene rings is 1. The first-order valence-corrected chi connectivity index (χ1v) is 6.93.